The minimum Gasteiger partial charge on any atom is -0.460 e. The number of hydrogen-bond acceptors (Lipinski definition) is 4. The molecule has 0 atom stereocenters. The van der Waals surface area contributed by atoms with Crippen molar-refractivity contribution >= 4 is 17.7 Å². The second-order valence-electron chi connectivity index (χ2n) is 5.86. The number of nitrogens with zero attached hydrogens (tertiary/aromatic N) is 1. The zero-order chi connectivity index (χ0) is 16.7. The van der Waals surface area contributed by atoms with Crippen molar-refractivity contribution in [1.29, 1.82) is 0 Å². The quantitative estimate of drug-likeness (QED) is 0.590. The van der Waals surface area contributed by atoms with Crippen LogP contribution in [0.4, 0.5) is 10.5 Å². The maximum atomic E-state index is 12.0. The van der Waals surface area contributed by atoms with Gasteiger partial charge in [0, 0.05) is 25.4 Å². The summed E-state index contributed by atoms with van der Waals surface area (Å²) in [7, 11) is 0. The molecular weight excluding hydrogens is 296 g/mol. The zero-order valence-electron chi connectivity index (χ0n) is 13.7. The first kappa shape index (κ1) is 17.3. The van der Waals surface area contributed by atoms with E-state index in [2.05, 4.69) is 19.2 Å². The van der Waals surface area contributed by atoms with Gasteiger partial charge in [-0.25, -0.2) is 9.59 Å². The summed E-state index contributed by atoms with van der Waals surface area (Å²) in [6.45, 7) is 6.78. The van der Waals surface area contributed by atoms with E-state index in [9.17, 15) is 9.59 Å². The molecule has 1 N–H and O–H groups in total. The number of amides is 2. The first-order valence-corrected chi connectivity index (χ1v) is 7.98. The minimum atomic E-state index is -0.404. The Kier molecular flexibility index (Phi) is 6.40. The highest BCUT2D eigenvalue weighted by atomic mass is 16.6. The van der Waals surface area contributed by atoms with Gasteiger partial charge in [0.2, 0.25) is 0 Å². The lowest BCUT2D eigenvalue weighted by Crippen LogP contribution is -2.27. The molecule has 0 bridgehead atoms. The van der Waals surface area contributed by atoms with Gasteiger partial charge in [-0.15, -0.1) is 0 Å². The molecule has 6 heteroatoms. The predicted molar refractivity (Wildman–Crippen MR) is 87.7 cm³/mol. The number of nitrogens with one attached hydrogen (secondary N) is 1. The van der Waals surface area contributed by atoms with Crippen LogP contribution >= 0.6 is 0 Å². The smallest absolute Gasteiger partial charge is 0.338 e. The van der Waals surface area contributed by atoms with Gasteiger partial charge in [0.05, 0.1) is 12.2 Å². The van der Waals surface area contributed by atoms with E-state index >= 15 is 0 Å². The fourth-order valence-corrected chi connectivity index (χ4v) is 2.22. The summed E-state index contributed by atoms with van der Waals surface area (Å²) < 4.78 is 10.6. The van der Waals surface area contributed by atoms with Crippen molar-refractivity contribution in [3.8, 4) is 0 Å². The van der Waals surface area contributed by atoms with Crippen LogP contribution in [-0.2, 0) is 9.47 Å². The van der Waals surface area contributed by atoms with Gasteiger partial charge in [-0.2, -0.15) is 0 Å². The van der Waals surface area contributed by atoms with Gasteiger partial charge in [0.25, 0.3) is 0 Å². The van der Waals surface area contributed by atoms with E-state index in [-0.39, 0.29) is 12.6 Å². The van der Waals surface area contributed by atoms with Crippen LogP contribution in [-0.4, -0.2) is 44.9 Å². The number of hydrogen-bond donors (Lipinski definition) is 1. The van der Waals surface area contributed by atoms with Crippen molar-refractivity contribution in [3.05, 3.63) is 29.8 Å². The lowest BCUT2D eigenvalue weighted by atomic mass is 10.1. The molecular formula is C17H24N2O4. The normalized spacial score (nSPS) is 14.2. The number of rotatable bonds is 8. The first-order valence-electron chi connectivity index (χ1n) is 7.98. The maximum absolute atomic E-state index is 12.0. The highest BCUT2D eigenvalue weighted by molar-refractivity contribution is 5.96. The number of ether oxygens (including phenoxy) is 2. The monoisotopic (exact) mass is 320 g/mol. The molecule has 1 aromatic rings. The molecule has 23 heavy (non-hydrogen) atoms. The summed E-state index contributed by atoms with van der Waals surface area (Å²) in [4.78, 5) is 25.3. The van der Waals surface area contributed by atoms with Gasteiger partial charge in [0.15, 0.2) is 0 Å². The Morgan fingerprint density at radius 1 is 1.30 bits per heavy atom. The Bertz CT molecular complexity index is 545. The molecule has 1 heterocycles. The number of carbonyl (C=O) groups excluding carboxylic acids is 2. The van der Waals surface area contributed by atoms with Gasteiger partial charge < -0.3 is 14.8 Å². The van der Waals surface area contributed by atoms with Gasteiger partial charge >= 0.3 is 12.0 Å². The third kappa shape index (κ3) is 5.25. The van der Waals surface area contributed by atoms with E-state index in [0.29, 0.717) is 43.5 Å². The maximum Gasteiger partial charge on any atom is 0.338 e. The van der Waals surface area contributed by atoms with Crippen LogP contribution in [0.15, 0.2) is 24.3 Å². The molecule has 0 radical (unpaired) electrons. The Morgan fingerprint density at radius 3 is 2.83 bits per heavy atom. The molecule has 0 aromatic heterocycles. The molecule has 0 unspecified atom stereocenters. The topological polar surface area (TPSA) is 67.9 Å². The summed E-state index contributed by atoms with van der Waals surface area (Å²) in [5.74, 6) is 0.196. The van der Waals surface area contributed by atoms with Crippen LogP contribution in [0.5, 0.6) is 0 Å². The van der Waals surface area contributed by atoms with Gasteiger partial charge in [-0.05, 0) is 30.5 Å². The average Bonchev–Trinajstić information content (AvgIpc) is 2.96. The SMILES string of the molecule is CC(C)CCOCCOC(=O)c1cccc(N2CCNC2=O)c1. The molecule has 2 rings (SSSR count). The third-order valence-corrected chi connectivity index (χ3v) is 3.55. The number of carbonyl (C=O) groups is 2. The molecule has 1 aliphatic heterocycles. The van der Waals surface area contributed by atoms with Crippen LogP contribution in [0, 0.1) is 5.92 Å². The number of urea groups is 1. The van der Waals surface area contributed by atoms with E-state index in [0.717, 1.165) is 6.42 Å². The number of esters is 1. The molecule has 1 fully saturated rings. The molecule has 0 spiro atoms. The Morgan fingerprint density at radius 2 is 2.13 bits per heavy atom. The molecule has 126 valence electrons. The number of anilines is 1. The Hall–Kier alpha value is -2.08. The molecule has 6 nitrogen and oxygen atoms in total. The summed E-state index contributed by atoms with van der Waals surface area (Å²) in [5, 5.41) is 2.73. The first-order chi connectivity index (χ1) is 11.1. The fraction of sp³-hybridized carbons (Fsp3) is 0.529. The van der Waals surface area contributed by atoms with Crippen molar-refractivity contribution in [3.63, 3.8) is 0 Å². The summed E-state index contributed by atoms with van der Waals surface area (Å²) in [5.41, 5.74) is 1.13. The van der Waals surface area contributed by atoms with Crippen LogP contribution < -0.4 is 10.2 Å². The molecule has 1 saturated heterocycles. The third-order valence-electron chi connectivity index (χ3n) is 3.55. The summed E-state index contributed by atoms with van der Waals surface area (Å²) in [6, 6.07) is 6.76. The van der Waals surface area contributed by atoms with E-state index < -0.39 is 5.97 Å². The fourth-order valence-electron chi connectivity index (χ4n) is 2.22. The van der Waals surface area contributed by atoms with E-state index in [1.165, 1.54) is 0 Å². The van der Waals surface area contributed by atoms with E-state index in [1.54, 1.807) is 29.2 Å². The van der Waals surface area contributed by atoms with E-state index in [1.807, 2.05) is 0 Å². The summed E-state index contributed by atoms with van der Waals surface area (Å²) >= 11 is 0. The van der Waals surface area contributed by atoms with Crippen LogP contribution in [0.2, 0.25) is 0 Å². The van der Waals surface area contributed by atoms with Gasteiger partial charge in [-0.3, -0.25) is 4.90 Å². The molecule has 1 aromatic carbocycles. The molecule has 0 aliphatic carbocycles. The van der Waals surface area contributed by atoms with Crippen LogP contribution in [0.3, 0.4) is 0 Å². The second kappa shape index (κ2) is 8.53. The minimum absolute atomic E-state index is 0.144. The van der Waals surface area contributed by atoms with Crippen molar-refractivity contribution in [2.75, 3.05) is 37.8 Å². The molecule has 1 aliphatic rings. The zero-order valence-corrected chi connectivity index (χ0v) is 13.7. The van der Waals surface area contributed by atoms with Crippen LogP contribution in [0.25, 0.3) is 0 Å². The number of benzene rings is 1. The van der Waals surface area contributed by atoms with Crippen molar-refractivity contribution < 1.29 is 19.1 Å². The lowest BCUT2D eigenvalue weighted by molar-refractivity contribution is 0.0303. The largest absolute Gasteiger partial charge is 0.460 e. The molecule has 2 amide bonds. The van der Waals surface area contributed by atoms with E-state index in [4.69, 9.17) is 9.47 Å². The van der Waals surface area contributed by atoms with Gasteiger partial charge in [-0.1, -0.05) is 19.9 Å². The van der Waals surface area contributed by atoms with Crippen molar-refractivity contribution in [1.82, 2.24) is 5.32 Å². The molecule has 0 saturated carbocycles. The highest BCUT2D eigenvalue weighted by Crippen LogP contribution is 2.18. The lowest BCUT2D eigenvalue weighted by Gasteiger charge is -2.15. The Balaban J connectivity index is 1.79. The highest BCUT2D eigenvalue weighted by Gasteiger charge is 2.21. The second-order valence-corrected chi connectivity index (χ2v) is 5.86. The summed E-state index contributed by atoms with van der Waals surface area (Å²) in [6.07, 6.45) is 0.994. The van der Waals surface area contributed by atoms with Gasteiger partial charge in [0.1, 0.15) is 6.61 Å². The average molecular weight is 320 g/mol. The Labute approximate surface area is 136 Å². The standard InChI is InChI=1S/C17H24N2O4/c1-13(2)6-9-22-10-11-23-16(20)14-4-3-5-15(12-14)19-8-7-18-17(19)21/h3-5,12-13H,6-11H2,1-2H3,(H,18,21). The van der Waals surface area contributed by atoms with Crippen molar-refractivity contribution in [2.24, 2.45) is 5.92 Å². The van der Waals surface area contributed by atoms with Crippen LogP contribution in [0.1, 0.15) is 30.6 Å². The van der Waals surface area contributed by atoms with Crippen molar-refractivity contribution in [2.45, 2.75) is 20.3 Å². The predicted octanol–water partition coefficient (Wildman–Crippen LogP) is 2.44.